The number of morpholine rings is 1. The molecule has 0 saturated carbocycles. The molecule has 1 unspecified atom stereocenters. The number of carbonyl (C=O) groups excluding carboxylic acids is 5. The Hall–Kier alpha value is -6.50. The van der Waals surface area contributed by atoms with Crippen LogP contribution in [0.5, 0.6) is 0 Å². The van der Waals surface area contributed by atoms with Crippen molar-refractivity contribution in [2.45, 2.75) is 57.2 Å². The van der Waals surface area contributed by atoms with E-state index in [1.165, 1.54) is 12.1 Å². The van der Waals surface area contributed by atoms with Crippen LogP contribution in [-0.4, -0.2) is 129 Å². The van der Waals surface area contributed by atoms with Gasteiger partial charge in [0, 0.05) is 80.8 Å². The number of para-hydroxylation sites is 1. The molecule has 3 N–H and O–H groups in total. The molecule has 0 radical (unpaired) electrons. The van der Waals surface area contributed by atoms with Gasteiger partial charge in [-0.2, -0.15) is 5.10 Å². The smallest absolute Gasteiger partial charge is 0.264 e. The first-order chi connectivity index (χ1) is 31.1. The summed E-state index contributed by atoms with van der Waals surface area (Å²) in [7, 11) is 0. The summed E-state index contributed by atoms with van der Waals surface area (Å²) in [6.45, 7) is 5.20. The Morgan fingerprint density at radius 3 is 2.38 bits per heavy atom. The number of fused-ring (bicyclic) bond motifs is 2. The first-order valence-corrected chi connectivity index (χ1v) is 21.8. The minimum Gasteiger partial charge on any atom is -0.384 e. The second kappa shape index (κ2) is 18.7. The Morgan fingerprint density at radius 1 is 0.844 bits per heavy atom. The third kappa shape index (κ3) is 8.98. The Bertz CT molecular complexity index is 2600. The lowest BCUT2D eigenvalue weighted by molar-refractivity contribution is -0.136. The van der Waals surface area contributed by atoms with Crippen molar-refractivity contribution < 1.29 is 37.5 Å². The normalized spacial score (nSPS) is 18.7. The molecule has 16 nitrogen and oxygen atoms in total. The molecule has 332 valence electrons. The van der Waals surface area contributed by atoms with Crippen molar-refractivity contribution in [2.75, 3.05) is 64.3 Å². The SMILES string of the molecule is O=C(CN1CCC(n2cc(-c3cnc4cccc(-c5cc(F)c(CN6CCOCC6)c(F)c5)c4n3)cn2)CC1)NCCCCNc1cccc2c1C(=O)N(C1CCC(=O)NC1=O)C2=O. The third-order valence-corrected chi connectivity index (χ3v) is 12.4. The highest BCUT2D eigenvalue weighted by Crippen LogP contribution is 2.34. The molecular formula is C46H48F2N10O6. The van der Waals surface area contributed by atoms with E-state index < -0.39 is 41.3 Å². The fraction of sp³-hybridized carbons (Fsp3) is 0.391. The molecular weight excluding hydrogens is 827 g/mol. The van der Waals surface area contributed by atoms with Gasteiger partial charge in [-0.1, -0.05) is 18.2 Å². The average Bonchev–Trinajstić information content (AvgIpc) is 3.89. The molecule has 3 fully saturated rings. The number of unbranched alkanes of at least 4 members (excludes halogenated alkanes) is 1. The number of imide groups is 2. The minimum atomic E-state index is -1.03. The predicted molar refractivity (Wildman–Crippen MR) is 231 cm³/mol. The highest BCUT2D eigenvalue weighted by Gasteiger charge is 2.45. The van der Waals surface area contributed by atoms with Gasteiger partial charge in [0.05, 0.1) is 66.0 Å². The highest BCUT2D eigenvalue weighted by molar-refractivity contribution is 6.25. The molecule has 64 heavy (non-hydrogen) atoms. The zero-order valence-electron chi connectivity index (χ0n) is 35.2. The number of ether oxygens (including phenoxy) is 1. The number of piperidine rings is 2. The summed E-state index contributed by atoms with van der Waals surface area (Å²) in [5.41, 5.74) is 4.43. The molecule has 2 aromatic heterocycles. The van der Waals surface area contributed by atoms with Crippen molar-refractivity contribution in [3.8, 4) is 22.4 Å². The summed E-state index contributed by atoms with van der Waals surface area (Å²) < 4.78 is 38.1. The molecule has 6 heterocycles. The number of carbonyl (C=O) groups is 5. The van der Waals surface area contributed by atoms with Crippen molar-refractivity contribution in [3.63, 3.8) is 0 Å². The van der Waals surface area contributed by atoms with Crippen LogP contribution in [0.3, 0.4) is 0 Å². The topological polar surface area (TPSA) is 184 Å². The molecule has 3 saturated heterocycles. The van der Waals surface area contributed by atoms with Gasteiger partial charge in [0.2, 0.25) is 17.7 Å². The number of nitrogens with zero attached hydrogens (tertiary/aromatic N) is 7. The molecule has 5 amide bonds. The van der Waals surface area contributed by atoms with Crippen LogP contribution >= 0.6 is 0 Å². The Balaban J connectivity index is 0.732. The van der Waals surface area contributed by atoms with Crippen molar-refractivity contribution in [1.82, 2.24) is 45.1 Å². The molecule has 5 aromatic rings. The number of rotatable bonds is 14. The van der Waals surface area contributed by atoms with Gasteiger partial charge in [-0.05, 0) is 68.0 Å². The summed E-state index contributed by atoms with van der Waals surface area (Å²) in [5, 5.41) is 13.1. The molecule has 4 aliphatic heterocycles. The van der Waals surface area contributed by atoms with Crippen LogP contribution in [0.1, 0.15) is 70.8 Å². The molecule has 1 atom stereocenters. The van der Waals surface area contributed by atoms with E-state index >= 15 is 8.78 Å². The lowest BCUT2D eigenvalue weighted by atomic mass is 10.0. The van der Waals surface area contributed by atoms with Crippen LogP contribution in [0, 0.1) is 11.6 Å². The van der Waals surface area contributed by atoms with E-state index in [-0.39, 0.29) is 54.6 Å². The first-order valence-electron chi connectivity index (χ1n) is 21.8. The Kier molecular flexibility index (Phi) is 12.5. The van der Waals surface area contributed by atoms with E-state index in [0.717, 1.165) is 36.4 Å². The van der Waals surface area contributed by atoms with Crippen LogP contribution in [0.15, 0.2) is 67.1 Å². The van der Waals surface area contributed by atoms with Gasteiger partial charge >= 0.3 is 0 Å². The molecule has 9 rings (SSSR count). The fourth-order valence-electron chi connectivity index (χ4n) is 8.93. The zero-order valence-corrected chi connectivity index (χ0v) is 35.2. The van der Waals surface area contributed by atoms with Gasteiger partial charge in [0.25, 0.3) is 11.8 Å². The van der Waals surface area contributed by atoms with Crippen LogP contribution in [0.4, 0.5) is 14.5 Å². The summed E-state index contributed by atoms with van der Waals surface area (Å²) in [5.74, 6) is -3.46. The highest BCUT2D eigenvalue weighted by atomic mass is 19.1. The molecule has 4 aliphatic rings. The maximum atomic E-state index is 15.4. The van der Waals surface area contributed by atoms with E-state index in [4.69, 9.17) is 9.72 Å². The maximum Gasteiger partial charge on any atom is 0.264 e. The number of amides is 5. The zero-order chi connectivity index (χ0) is 44.3. The largest absolute Gasteiger partial charge is 0.384 e. The van der Waals surface area contributed by atoms with Crippen LogP contribution in [-0.2, 0) is 25.7 Å². The number of likely N-dealkylation sites (tertiary alicyclic amines) is 1. The average molecular weight is 875 g/mol. The lowest BCUT2D eigenvalue weighted by Gasteiger charge is -2.31. The first kappa shape index (κ1) is 42.8. The number of aromatic nitrogens is 4. The number of benzene rings is 3. The molecule has 0 spiro atoms. The molecule has 0 bridgehead atoms. The Morgan fingerprint density at radius 2 is 1.59 bits per heavy atom. The standard InChI is InChI=1S/C46H48F2N10O6/c47-34-21-28(22-35(48)33(34)26-56-17-19-64-20-18-56)31-5-3-8-37-43(31)53-38(24-51-37)29-23-52-57(25-29)30-11-15-55(16-12-30)27-41(60)50-14-2-1-13-49-36-7-4-6-32-42(36)46(63)58(45(32)62)39-9-10-40(59)54-44(39)61/h3-8,21-25,30,39,49H,1-2,9-20,26-27H2,(H,50,60)(H,54,59,61). The maximum absolute atomic E-state index is 15.4. The lowest BCUT2D eigenvalue weighted by Crippen LogP contribution is -2.54. The summed E-state index contributed by atoms with van der Waals surface area (Å²) in [6, 6.07) is 12.2. The number of halogens is 2. The molecule has 3 aromatic carbocycles. The van der Waals surface area contributed by atoms with Crippen molar-refractivity contribution in [2.24, 2.45) is 0 Å². The van der Waals surface area contributed by atoms with Crippen molar-refractivity contribution in [1.29, 1.82) is 0 Å². The van der Waals surface area contributed by atoms with Gasteiger partial charge in [0.15, 0.2) is 0 Å². The van der Waals surface area contributed by atoms with Crippen LogP contribution in [0.25, 0.3) is 33.4 Å². The second-order valence-corrected chi connectivity index (χ2v) is 16.6. The summed E-state index contributed by atoms with van der Waals surface area (Å²) in [4.78, 5) is 77.9. The van der Waals surface area contributed by atoms with Crippen LogP contribution in [0.2, 0.25) is 0 Å². The number of hydrogen-bond acceptors (Lipinski definition) is 12. The quantitative estimate of drug-likeness (QED) is 0.106. The van der Waals surface area contributed by atoms with Gasteiger partial charge in [-0.15, -0.1) is 0 Å². The Labute approximate surface area is 367 Å². The van der Waals surface area contributed by atoms with Crippen LogP contribution < -0.4 is 16.0 Å². The predicted octanol–water partition coefficient (Wildman–Crippen LogP) is 4.32. The van der Waals surface area contributed by atoms with Gasteiger partial charge < -0.3 is 15.4 Å². The van der Waals surface area contributed by atoms with E-state index in [9.17, 15) is 24.0 Å². The summed E-state index contributed by atoms with van der Waals surface area (Å²) in [6.07, 6.45) is 8.49. The molecule has 18 heteroatoms. The van der Waals surface area contributed by atoms with E-state index in [0.29, 0.717) is 85.8 Å². The van der Waals surface area contributed by atoms with E-state index in [2.05, 4.69) is 30.9 Å². The second-order valence-electron chi connectivity index (χ2n) is 16.6. The fourth-order valence-corrected chi connectivity index (χ4v) is 8.93. The van der Waals surface area contributed by atoms with E-state index in [1.807, 2.05) is 21.8 Å². The van der Waals surface area contributed by atoms with Gasteiger partial charge in [-0.3, -0.25) is 53.7 Å². The van der Waals surface area contributed by atoms with E-state index in [1.54, 1.807) is 42.7 Å². The number of hydrogen-bond donors (Lipinski definition) is 3. The monoisotopic (exact) mass is 874 g/mol. The minimum absolute atomic E-state index is 0.0380. The molecule has 0 aliphatic carbocycles. The van der Waals surface area contributed by atoms with Crippen molar-refractivity contribution >= 4 is 46.3 Å². The third-order valence-electron chi connectivity index (χ3n) is 12.4. The van der Waals surface area contributed by atoms with Crippen molar-refractivity contribution in [3.05, 3.63) is 95.4 Å². The summed E-state index contributed by atoms with van der Waals surface area (Å²) >= 11 is 0. The van der Waals surface area contributed by atoms with Gasteiger partial charge in [-0.25, -0.2) is 13.8 Å². The number of nitrogens with one attached hydrogen (secondary N) is 3. The van der Waals surface area contributed by atoms with Gasteiger partial charge in [0.1, 0.15) is 17.7 Å². The number of anilines is 1.